The van der Waals surface area contributed by atoms with Crippen LogP contribution in [0.3, 0.4) is 0 Å². The van der Waals surface area contributed by atoms with Gasteiger partial charge in [-0.15, -0.1) is 0 Å². The first-order valence-electron chi connectivity index (χ1n) is 20.8. The molecule has 0 N–H and O–H groups in total. The molecule has 0 heterocycles. The molecule has 9 rings (SSSR count). The van der Waals surface area contributed by atoms with Crippen molar-refractivity contribution in [1.29, 1.82) is 0 Å². The van der Waals surface area contributed by atoms with Crippen molar-refractivity contribution in [3.8, 4) is 5.75 Å². The van der Waals surface area contributed by atoms with Crippen LogP contribution in [0.4, 0.5) is 34.1 Å². The van der Waals surface area contributed by atoms with Crippen molar-refractivity contribution in [3.63, 3.8) is 0 Å². The maximum absolute atomic E-state index is 5.42. The number of hydrogen-bond acceptors (Lipinski definition) is 3. The smallest absolute Gasteiger partial charge is 0.119 e. The summed E-state index contributed by atoms with van der Waals surface area (Å²) in [6.45, 7) is 6.37. The van der Waals surface area contributed by atoms with Gasteiger partial charge in [-0.1, -0.05) is 126 Å². The molecule has 0 atom stereocenters. The Morgan fingerprint density at radius 3 is 0.902 bits per heavy atom. The maximum Gasteiger partial charge on any atom is 0.119 e. The second-order valence-corrected chi connectivity index (χ2v) is 15.8. The maximum atomic E-state index is 5.42. The summed E-state index contributed by atoms with van der Waals surface area (Å²) in [6.07, 6.45) is 8.78. The Labute approximate surface area is 359 Å². The largest absolute Gasteiger partial charge is 0.497 e. The molecular weight excluding hydrogens is 741 g/mol. The van der Waals surface area contributed by atoms with Crippen molar-refractivity contribution >= 4 is 80.0 Å². The minimum absolute atomic E-state index is 0.840. The lowest BCUT2D eigenvalue weighted by Crippen LogP contribution is -2.09. The number of hydrogen-bond donors (Lipinski definition) is 0. The second-order valence-electron chi connectivity index (χ2n) is 15.8. The van der Waals surface area contributed by atoms with Gasteiger partial charge in [0.05, 0.1) is 7.11 Å². The predicted molar refractivity (Wildman–Crippen MR) is 262 cm³/mol. The topological polar surface area (TPSA) is 15.7 Å². The molecule has 0 bridgehead atoms. The van der Waals surface area contributed by atoms with Crippen LogP contribution >= 0.6 is 0 Å². The Bertz CT molecular complexity index is 2940. The molecule has 0 aliphatic heterocycles. The molecule has 296 valence electrons. The Kier molecular flexibility index (Phi) is 11.0. The Balaban J connectivity index is 0.901. The Morgan fingerprint density at radius 2 is 0.574 bits per heavy atom. The number of ether oxygens (including phenoxy) is 1. The highest BCUT2D eigenvalue weighted by atomic mass is 16.5. The fourth-order valence-corrected chi connectivity index (χ4v) is 7.80. The number of aryl methyl sites for hydroxylation is 3. The van der Waals surface area contributed by atoms with Crippen LogP contribution in [0.5, 0.6) is 5.75 Å². The van der Waals surface area contributed by atoms with E-state index in [1.54, 1.807) is 7.11 Å². The third kappa shape index (κ3) is 8.88. The van der Waals surface area contributed by atoms with Gasteiger partial charge < -0.3 is 14.5 Å². The summed E-state index contributed by atoms with van der Waals surface area (Å²) in [6, 6.07) is 69.8. The van der Waals surface area contributed by atoms with Gasteiger partial charge in [0.1, 0.15) is 5.75 Å². The van der Waals surface area contributed by atoms with Gasteiger partial charge in [-0.25, -0.2) is 0 Å². The highest BCUT2D eigenvalue weighted by molar-refractivity contribution is 6.00. The van der Waals surface area contributed by atoms with Crippen LogP contribution in [0.2, 0.25) is 0 Å². The average molecular weight is 789 g/mol. The molecule has 3 nitrogen and oxygen atoms in total. The number of nitrogens with zero attached hydrogens (tertiary/aromatic N) is 2. The van der Waals surface area contributed by atoms with Gasteiger partial charge in [-0.2, -0.15) is 0 Å². The highest BCUT2D eigenvalue weighted by Crippen LogP contribution is 2.37. The molecule has 3 heteroatoms. The van der Waals surface area contributed by atoms with Crippen molar-refractivity contribution in [1.82, 2.24) is 0 Å². The van der Waals surface area contributed by atoms with E-state index in [4.69, 9.17) is 4.74 Å². The molecule has 9 aromatic rings. The molecule has 0 aliphatic carbocycles. The third-order valence-corrected chi connectivity index (χ3v) is 11.3. The average Bonchev–Trinajstić information content (AvgIpc) is 3.30. The van der Waals surface area contributed by atoms with E-state index in [9.17, 15) is 0 Å². The van der Waals surface area contributed by atoms with Gasteiger partial charge in [0.25, 0.3) is 0 Å². The molecule has 0 unspecified atom stereocenters. The predicted octanol–water partition coefficient (Wildman–Crippen LogP) is 16.2. The zero-order valence-electron chi connectivity index (χ0n) is 35.1. The SMILES string of the molecule is COc1ccc(N(c2ccc(C)cc2)c2ccc(/C=C/c3ccc4cc5cc(/C=C/c6ccc(N(c7ccc(C)cc7)c7ccc(C)cc7)cc6)ccc5cc4c3)cc2)cc1. The molecule has 0 radical (unpaired) electrons. The number of methoxy groups -OCH3 is 1. The van der Waals surface area contributed by atoms with E-state index < -0.39 is 0 Å². The number of fused-ring (bicyclic) bond motifs is 2. The van der Waals surface area contributed by atoms with Crippen LogP contribution in [0.25, 0.3) is 45.8 Å². The zero-order chi connectivity index (χ0) is 41.7. The van der Waals surface area contributed by atoms with Crippen molar-refractivity contribution in [2.75, 3.05) is 16.9 Å². The van der Waals surface area contributed by atoms with Crippen molar-refractivity contribution in [2.24, 2.45) is 0 Å². The summed E-state index contributed by atoms with van der Waals surface area (Å²) < 4.78 is 5.42. The van der Waals surface area contributed by atoms with Crippen LogP contribution in [-0.4, -0.2) is 7.11 Å². The van der Waals surface area contributed by atoms with E-state index in [0.29, 0.717) is 0 Å². The van der Waals surface area contributed by atoms with Gasteiger partial charge in [0.2, 0.25) is 0 Å². The second kappa shape index (κ2) is 17.3. The van der Waals surface area contributed by atoms with E-state index >= 15 is 0 Å². The van der Waals surface area contributed by atoms with E-state index in [1.807, 2.05) is 12.1 Å². The first-order valence-corrected chi connectivity index (χ1v) is 20.8. The molecule has 0 aliphatic rings. The van der Waals surface area contributed by atoms with E-state index in [1.165, 1.54) is 49.4 Å². The molecule has 0 spiro atoms. The number of anilines is 6. The minimum Gasteiger partial charge on any atom is -0.497 e. The molecular formula is C58H48N2O. The summed E-state index contributed by atoms with van der Waals surface area (Å²) in [7, 11) is 1.70. The van der Waals surface area contributed by atoms with Crippen LogP contribution in [0, 0.1) is 20.8 Å². The molecule has 0 saturated heterocycles. The zero-order valence-corrected chi connectivity index (χ0v) is 35.1. The van der Waals surface area contributed by atoms with Gasteiger partial charge in [-0.05, 0) is 174 Å². The molecule has 0 fully saturated rings. The third-order valence-electron chi connectivity index (χ3n) is 11.3. The van der Waals surface area contributed by atoms with Gasteiger partial charge in [0.15, 0.2) is 0 Å². The lowest BCUT2D eigenvalue weighted by molar-refractivity contribution is 0.415. The summed E-state index contributed by atoms with van der Waals surface area (Å²) in [5.41, 5.74) is 15.1. The lowest BCUT2D eigenvalue weighted by atomic mass is 9.99. The molecule has 0 amide bonds. The van der Waals surface area contributed by atoms with Gasteiger partial charge in [0, 0.05) is 34.1 Å². The van der Waals surface area contributed by atoms with Crippen molar-refractivity contribution < 1.29 is 4.74 Å². The summed E-state index contributed by atoms with van der Waals surface area (Å²) in [4.78, 5) is 4.58. The molecule has 0 aromatic heterocycles. The van der Waals surface area contributed by atoms with E-state index in [2.05, 4.69) is 237 Å². The molecule has 9 aromatic carbocycles. The Hall–Kier alpha value is -7.62. The molecule has 0 saturated carbocycles. The summed E-state index contributed by atoms with van der Waals surface area (Å²) in [5, 5.41) is 4.92. The molecule has 61 heavy (non-hydrogen) atoms. The van der Waals surface area contributed by atoms with Crippen molar-refractivity contribution in [3.05, 3.63) is 233 Å². The normalized spacial score (nSPS) is 11.5. The fraction of sp³-hybridized carbons (Fsp3) is 0.0690. The lowest BCUT2D eigenvalue weighted by Gasteiger charge is -2.26. The van der Waals surface area contributed by atoms with E-state index in [0.717, 1.165) is 51.0 Å². The van der Waals surface area contributed by atoms with Crippen molar-refractivity contribution in [2.45, 2.75) is 20.8 Å². The minimum atomic E-state index is 0.840. The van der Waals surface area contributed by atoms with Crippen LogP contribution in [-0.2, 0) is 0 Å². The van der Waals surface area contributed by atoms with Gasteiger partial charge in [-0.3, -0.25) is 0 Å². The Morgan fingerprint density at radius 1 is 0.295 bits per heavy atom. The standard InChI is InChI=1S/C58H48N2O/c1-41-5-23-52(24-6-41)59(53-25-7-42(2)8-26-53)55-29-17-44(18-30-55)11-13-46-15-21-48-40-51-38-47(16-22-49(51)39-50(48)37-46)14-12-45-19-31-56(32-20-45)60(54-27-9-43(3)10-28-54)57-33-35-58(61-4)36-34-57/h5-40H,1-4H3/b13-11+,14-12+. The number of rotatable bonds is 11. The quantitative estimate of drug-likeness (QED) is 0.0959. The first kappa shape index (κ1) is 38.9. The number of benzene rings is 9. The highest BCUT2D eigenvalue weighted by Gasteiger charge is 2.14. The summed E-state index contributed by atoms with van der Waals surface area (Å²) in [5.74, 6) is 0.840. The van der Waals surface area contributed by atoms with E-state index in [-0.39, 0.29) is 0 Å². The summed E-state index contributed by atoms with van der Waals surface area (Å²) >= 11 is 0. The van der Waals surface area contributed by atoms with Crippen LogP contribution < -0.4 is 14.5 Å². The van der Waals surface area contributed by atoms with Crippen LogP contribution in [0.1, 0.15) is 38.9 Å². The van der Waals surface area contributed by atoms with Gasteiger partial charge >= 0.3 is 0 Å². The van der Waals surface area contributed by atoms with Crippen LogP contribution in [0.15, 0.2) is 194 Å². The fourth-order valence-electron chi connectivity index (χ4n) is 7.80. The monoisotopic (exact) mass is 788 g/mol. The first-order chi connectivity index (χ1) is 29.8.